The summed E-state index contributed by atoms with van der Waals surface area (Å²) in [6, 6.07) is 11.3. The number of hydrogen-bond acceptors (Lipinski definition) is 7. The van der Waals surface area contributed by atoms with Crippen molar-refractivity contribution in [2.45, 2.75) is 16.8 Å². The van der Waals surface area contributed by atoms with Crippen molar-refractivity contribution in [3.05, 3.63) is 66.2 Å². The van der Waals surface area contributed by atoms with Gasteiger partial charge in [0.1, 0.15) is 17.0 Å². The maximum absolute atomic E-state index is 12.0. The number of nitrogen functional groups attached to an aromatic ring is 1. The summed E-state index contributed by atoms with van der Waals surface area (Å²) in [6.45, 7) is 2.03. The van der Waals surface area contributed by atoms with Gasteiger partial charge in [-0.1, -0.05) is 29.5 Å². The smallest absolute Gasteiger partial charge is 0.269 e. The van der Waals surface area contributed by atoms with Crippen molar-refractivity contribution >= 4 is 29.2 Å². The molecule has 0 saturated carbocycles. The van der Waals surface area contributed by atoms with Crippen molar-refractivity contribution in [3.8, 4) is 0 Å². The van der Waals surface area contributed by atoms with Gasteiger partial charge < -0.3 is 5.73 Å². The molecule has 1 aromatic carbocycles. The number of pyridine rings is 1. The van der Waals surface area contributed by atoms with E-state index in [4.69, 9.17) is 5.73 Å². The summed E-state index contributed by atoms with van der Waals surface area (Å²) in [7, 11) is 0. The van der Waals surface area contributed by atoms with E-state index >= 15 is 0 Å². The highest BCUT2D eigenvalue weighted by atomic mass is 32.2. The van der Waals surface area contributed by atoms with Gasteiger partial charge in [-0.05, 0) is 31.2 Å². The van der Waals surface area contributed by atoms with Crippen molar-refractivity contribution in [2.75, 3.05) is 11.2 Å². The van der Waals surface area contributed by atoms with Crippen LogP contribution in [0.2, 0.25) is 0 Å². The number of aromatic nitrogens is 3. The van der Waals surface area contributed by atoms with Gasteiger partial charge in [0, 0.05) is 22.9 Å². The van der Waals surface area contributed by atoms with E-state index in [-0.39, 0.29) is 5.91 Å². The number of nitrogens with zero attached hydrogens (tertiary/aromatic N) is 3. The average molecular weight is 352 g/mol. The van der Waals surface area contributed by atoms with E-state index in [0.29, 0.717) is 22.1 Å². The van der Waals surface area contributed by atoms with Gasteiger partial charge in [0.05, 0.1) is 0 Å². The van der Waals surface area contributed by atoms with Crippen molar-refractivity contribution in [1.29, 1.82) is 0 Å². The maximum Gasteiger partial charge on any atom is 0.269 e. The second-order valence-corrected chi connectivity index (χ2v) is 6.23. The molecule has 1 amide bonds. The molecule has 0 fully saturated rings. The van der Waals surface area contributed by atoms with Gasteiger partial charge in [-0.3, -0.25) is 20.6 Å². The monoisotopic (exact) mass is 352 g/mol. The Morgan fingerprint density at radius 2 is 1.80 bits per heavy atom. The first-order valence-electron chi connectivity index (χ1n) is 7.45. The second kappa shape index (κ2) is 7.63. The largest absolute Gasteiger partial charge is 0.393 e. The number of anilines is 2. The fourth-order valence-electron chi connectivity index (χ4n) is 1.97. The van der Waals surface area contributed by atoms with E-state index in [9.17, 15) is 4.79 Å². The summed E-state index contributed by atoms with van der Waals surface area (Å²) in [5, 5.41) is 0.611. The van der Waals surface area contributed by atoms with E-state index < -0.39 is 0 Å². The Labute approximate surface area is 149 Å². The number of nitrogens with two attached hydrogens (primary N) is 1. The van der Waals surface area contributed by atoms with Crippen molar-refractivity contribution < 1.29 is 4.79 Å². The summed E-state index contributed by atoms with van der Waals surface area (Å²) >= 11 is 1.43. The van der Waals surface area contributed by atoms with Crippen LogP contribution in [0.15, 0.2) is 65.0 Å². The van der Waals surface area contributed by atoms with E-state index in [2.05, 4.69) is 25.8 Å². The third-order valence-electron chi connectivity index (χ3n) is 3.32. The Morgan fingerprint density at radius 3 is 2.52 bits per heavy atom. The molecule has 0 aliphatic carbocycles. The Morgan fingerprint density at radius 1 is 1.08 bits per heavy atom. The van der Waals surface area contributed by atoms with Crippen LogP contribution >= 0.6 is 11.8 Å². The Bertz CT molecular complexity index is 870. The van der Waals surface area contributed by atoms with Gasteiger partial charge in [0.15, 0.2) is 5.82 Å². The van der Waals surface area contributed by atoms with Crippen LogP contribution in [0, 0.1) is 6.92 Å². The highest BCUT2D eigenvalue weighted by molar-refractivity contribution is 7.99. The van der Waals surface area contributed by atoms with E-state index in [0.717, 1.165) is 4.90 Å². The number of hydrazine groups is 1. The number of amides is 1. The minimum atomic E-state index is -0.312. The lowest BCUT2D eigenvalue weighted by atomic mass is 10.2. The van der Waals surface area contributed by atoms with Gasteiger partial charge >= 0.3 is 0 Å². The summed E-state index contributed by atoms with van der Waals surface area (Å²) in [6.07, 6.45) is 4.49. The van der Waals surface area contributed by atoms with Crippen molar-refractivity contribution in [3.63, 3.8) is 0 Å². The lowest BCUT2D eigenvalue weighted by Crippen LogP contribution is -2.30. The van der Waals surface area contributed by atoms with Crippen LogP contribution in [0.5, 0.6) is 0 Å². The van der Waals surface area contributed by atoms with Gasteiger partial charge in [-0.25, -0.2) is 9.97 Å². The molecule has 0 aliphatic rings. The number of carbonyl (C=O) groups excluding carboxylic acids is 1. The molecule has 0 bridgehead atoms. The van der Waals surface area contributed by atoms with Crippen LogP contribution < -0.4 is 16.6 Å². The Hall–Kier alpha value is -3.13. The molecule has 0 saturated heterocycles. The molecule has 126 valence electrons. The van der Waals surface area contributed by atoms with Crippen LogP contribution in [0.25, 0.3) is 0 Å². The number of benzene rings is 1. The topological polar surface area (TPSA) is 106 Å². The lowest BCUT2D eigenvalue weighted by Gasteiger charge is -2.11. The summed E-state index contributed by atoms with van der Waals surface area (Å²) in [5.41, 5.74) is 13.4. The molecule has 25 heavy (non-hydrogen) atoms. The first-order valence-corrected chi connectivity index (χ1v) is 8.26. The third-order valence-corrected chi connectivity index (χ3v) is 4.35. The molecule has 0 spiro atoms. The van der Waals surface area contributed by atoms with Crippen LogP contribution in [0.3, 0.4) is 0 Å². The highest BCUT2D eigenvalue weighted by Crippen LogP contribution is 2.32. The number of aryl methyl sites for hydroxylation is 1. The maximum atomic E-state index is 12.0. The van der Waals surface area contributed by atoms with Crippen LogP contribution in [-0.4, -0.2) is 20.9 Å². The third kappa shape index (κ3) is 4.24. The molecule has 2 heterocycles. The number of nitrogens with one attached hydrogen (secondary N) is 2. The molecule has 0 aliphatic heterocycles. The SMILES string of the molecule is Cc1ccc(Sc2ncnc(NNC(=O)c3ccncc3)c2N)cc1. The predicted octanol–water partition coefficient (Wildman–Crippen LogP) is 2.67. The molecule has 2 aromatic heterocycles. The standard InChI is InChI=1S/C17H16N6OS/c1-11-2-4-13(5-3-11)25-17-14(18)15(20-10-21-17)22-23-16(24)12-6-8-19-9-7-12/h2-10H,18H2,1H3,(H,23,24)(H,20,21,22). The van der Waals surface area contributed by atoms with E-state index in [1.807, 2.05) is 31.2 Å². The zero-order valence-corrected chi connectivity index (χ0v) is 14.2. The molecule has 8 heteroatoms. The Kier molecular flexibility index (Phi) is 5.10. The fourth-order valence-corrected chi connectivity index (χ4v) is 2.77. The van der Waals surface area contributed by atoms with Gasteiger partial charge in [0.2, 0.25) is 0 Å². The van der Waals surface area contributed by atoms with Crippen LogP contribution in [0.1, 0.15) is 15.9 Å². The average Bonchev–Trinajstić information content (AvgIpc) is 2.64. The first-order chi connectivity index (χ1) is 12.1. The molecular formula is C17H16N6OS. The molecule has 0 atom stereocenters. The molecule has 0 unspecified atom stereocenters. The summed E-state index contributed by atoms with van der Waals surface area (Å²) in [4.78, 5) is 25.2. The van der Waals surface area contributed by atoms with E-state index in [1.165, 1.54) is 23.7 Å². The van der Waals surface area contributed by atoms with E-state index in [1.54, 1.807) is 24.5 Å². The van der Waals surface area contributed by atoms with Gasteiger partial charge in [-0.2, -0.15) is 0 Å². The number of hydrogen-bond donors (Lipinski definition) is 3. The van der Waals surface area contributed by atoms with Gasteiger partial charge in [-0.15, -0.1) is 0 Å². The molecule has 7 nitrogen and oxygen atoms in total. The molecule has 3 aromatic rings. The van der Waals surface area contributed by atoms with Crippen LogP contribution in [-0.2, 0) is 0 Å². The quantitative estimate of drug-likeness (QED) is 0.479. The van der Waals surface area contributed by atoms with Crippen molar-refractivity contribution in [1.82, 2.24) is 20.4 Å². The highest BCUT2D eigenvalue weighted by Gasteiger charge is 2.11. The fraction of sp³-hybridized carbons (Fsp3) is 0.0588. The minimum Gasteiger partial charge on any atom is -0.393 e. The zero-order chi connectivity index (χ0) is 17.6. The van der Waals surface area contributed by atoms with Crippen molar-refractivity contribution in [2.24, 2.45) is 0 Å². The normalized spacial score (nSPS) is 10.3. The molecule has 0 radical (unpaired) electrons. The zero-order valence-electron chi connectivity index (χ0n) is 13.4. The summed E-state index contributed by atoms with van der Waals surface area (Å²) < 4.78 is 0. The predicted molar refractivity (Wildman–Crippen MR) is 97.1 cm³/mol. The molecule has 4 N–H and O–H groups in total. The molecular weight excluding hydrogens is 336 g/mol. The van der Waals surface area contributed by atoms with Gasteiger partial charge in [0.25, 0.3) is 5.91 Å². The summed E-state index contributed by atoms with van der Waals surface area (Å²) in [5.74, 6) is 0.0279. The Balaban J connectivity index is 1.70. The number of rotatable bonds is 5. The van der Waals surface area contributed by atoms with Crippen LogP contribution in [0.4, 0.5) is 11.5 Å². The minimum absolute atomic E-state index is 0.312. The first kappa shape index (κ1) is 16.7. The second-order valence-electron chi connectivity index (χ2n) is 5.17. The molecule has 3 rings (SSSR count). The lowest BCUT2D eigenvalue weighted by molar-refractivity contribution is 0.0962. The number of carbonyl (C=O) groups is 1.